The molecule has 0 saturated carbocycles. The zero-order chi connectivity index (χ0) is 11.4. The molecule has 0 aromatic carbocycles. The third kappa shape index (κ3) is 2.52. The highest BCUT2D eigenvalue weighted by Crippen LogP contribution is 2.42. The molecule has 7 heteroatoms. The van der Waals surface area contributed by atoms with Gasteiger partial charge in [0.1, 0.15) is 0 Å². The lowest BCUT2D eigenvalue weighted by atomic mass is 10.2. The van der Waals surface area contributed by atoms with Gasteiger partial charge in [0.25, 0.3) is 0 Å². The van der Waals surface area contributed by atoms with Crippen LogP contribution in [0, 0.1) is 0 Å². The number of aromatic nitrogens is 4. The second-order valence-electron chi connectivity index (χ2n) is 3.66. The van der Waals surface area contributed by atoms with E-state index in [0.717, 1.165) is 12.2 Å². The molecule has 0 spiro atoms. The number of hydrogen-bond acceptors (Lipinski definition) is 6. The van der Waals surface area contributed by atoms with Crippen LogP contribution in [-0.4, -0.2) is 43.5 Å². The molecule has 1 aromatic heterocycles. The highest BCUT2D eigenvalue weighted by Gasteiger charge is 2.30. The Labute approximate surface area is 104 Å². The minimum atomic E-state index is 0.422. The Kier molecular flexibility index (Phi) is 4.48. The van der Waals surface area contributed by atoms with Crippen molar-refractivity contribution < 1.29 is 0 Å². The van der Waals surface area contributed by atoms with E-state index in [9.17, 15) is 0 Å². The SMILES string of the molecule is CCC1SCCSC1c1nnnn1CCN. The van der Waals surface area contributed by atoms with E-state index in [1.807, 2.05) is 28.2 Å². The molecule has 90 valence electrons. The first-order chi connectivity index (χ1) is 7.86. The van der Waals surface area contributed by atoms with Crippen LogP contribution in [0.25, 0.3) is 0 Å². The predicted octanol–water partition coefficient (Wildman–Crippen LogP) is 0.931. The van der Waals surface area contributed by atoms with Gasteiger partial charge in [-0.1, -0.05) is 6.92 Å². The minimum Gasteiger partial charge on any atom is -0.329 e. The van der Waals surface area contributed by atoms with Crippen molar-refractivity contribution in [3.8, 4) is 0 Å². The predicted molar refractivity (Wildman–Crippen MR) is 68.6 cm³/mol. The molecule has 0 aliphatic carbocycles. The van der Waals surface area contributed by atoms with Gasteiger partial charge < -0.3 is 5.73 Å². The molecule has 1 aliphatic heterocycles. The van der Waals surface area contributed by atoms with Gasteiger partial charge in [-0.2, -0.15) is 11.8 Å². The molecule has 2 unspecified atom stereocenters. The quantitative estimate of drug-likeness (QED) is 0.867. The van der Waals surface area contributed by atoms with Gasteiger partial charge in [-0.05, 0) is 16.8 Å². The number of tetrazole rings is 1. The van der Waals surface area contributed by atoms with Gasteiger partial charge in [0.05, 0.1) is 11.8 Å². The van der Waals surface area contributed by atoms with Crippen LogP contribution in [0.5, 0.6) is 0 Å². The third-order valence-corrected chi connectivity index (χ3v) is 5.85. The Morgan fingerprint density at radius 2 is 2.25 bits per heavy atom. The van der Waals surface area contributed by atoms with Crippen LogP contribution in [0.2, 0.25) is 0 Å². The normalized spacial score (nSPS) is 25.9. The van der Waals surface area contributed by atoms with Crippen LogP contribution in [-0.2, 0) is 6.54 Å². The molecule has 0 bridgehead atoms. The van der Waals surface area contributed by atoms with Crippen molar-refractivity contribution in [1.29, 1.82) is 0 Å². The number of nitrogens with two attached hydrogens (primary N) is 1. The number of nitrogens with zero attached hydrogens (tertiary/aromatic N) is 4. The zero-order valence-electron chi connectivity index (χ0n) is 9.37. The maximum Gasteiger partial charge on any atom is 0.165 e. The van der Waals surface area contributed by atoms with Gasteiger partial charge in [0.2, 0.25) is 0 Å². The van der Waals surface area contributed by atoms with Crippen molar-refractivity contribution in [1.82, 2.24) is 20.2 Å². The average molecular weight is 259 g/mol. The van der Waals surface area contributed by atoms with E-state index in [-0.39, 0.29) is 0 Å². The Morgan fingerprint density at radius 1 is 1.44 bits per heavy atom. The highest BCUT2D eigenvalue weighted by atomic mass is 32.2. The molecular weight excluding hydrogens is 242 g/mol. The fraction of sp³-hybridized carbons (Fsp3) is 0.889. The van der Waals surface area contributed by atoms with Gasteiger partial charge in [0, 0.05) is 23.3 Å². The van der Waals surface area contributed by atoms with E-state index < -0.39 is 0 Å². The summed E-state index contributed by atoms with van der Waals surface area (Å²) in [5, 5.41) is 13.0. The summed E-state index contributed by atoms with van der Waals surface area (Å²) in [4.78, 5) is 0. The van der Waals surface area contributed by atoms with Crippen molar-refractivity contribution in [3.63, 3.8) is 0 Å². The number of hydrogen-bond donors (Lipinski definition) is 1. The summed E-state index contributed by atoms with van der Waals surface area (Å²) in [5.41, 5.74) is 5.56. The van der Waals surface area contributed by atoms with Crippen molar-refractivity contribution in [2.24, 2.45) is 5.73 Å². The molecule has 0 radical (unpaired) electrons. The van der Waals surface area contributed by atoms with Crippen molar-refractivity contribution in [3.05, 3.63) is 5.82 Å². The summed E-state index contributed by atoms with van der Waals surface area (Å²) in [7, 11) is 0. The molecule has 16 heavy (non-hydrogen) atoms. The first kappa shape index (κ1) is 12.2. The Bertz CT molecular complexity index is 329. The molecule has 0 amide bonds. The van der Waals surface area contributed by atoms with Gasteiger partial charge >= 0.3 is 0 Å². The first-order valence-electron chi connectivity index (χ1n) is 5.56. The number of thioether (sulfide) groups is 2. The lowest BCUT2D eigenvalue weighted by molar-refractivity contribution is 0.563. The van der Waals surface area contributed by atoms with Crippen LogP contribution in [0.1, 0.15) is 24.4 Å². The van der Waals surface area contributed by atoms with Gasteiger partial charge in [-0.25, -0.2) is 4.68 Å². The lowest BCUT2D eigenvalue weighted by Gasteiger charge is -2.28. The smallest absolute Gasteiger partial charge is 0.165 e. The first-order valence-corrected chi connectivity index (χ1v) is 7.66. The van der Waals surface area contributed by atoms with Gasteiger partial charge in [-0.3, -0.25) is 0 Å². The van der Waals surface area contributed by atoms with Crippen molar-refractivity contribution >= 4 is 23.5 Å². The van der Waals surface area contributed by atoms with E-state index in [2.05, 4.69) is 22.4 Å². The summed E-state index contributed by atoms with van der Waals surface area (Å²) >= 11 is 4.00. The molecule has 2 N–H and O–H groups in total. The second kappa shape index (κ2) is 5.88. The Hall–Kier alpha value is -0.270. The highest BCUT2D eigenvalue weighted by molar-refractivity contribution is 8.06. The fourth-order valence-corrected chi connectivity index (χ4v) is 4.89. The molecule has 1 fully saturated rings. The summed E-state index contributed by atoms with van der Waals surface area (Å²) in [6, 6.07) is 0. The molecule has 2 atom stereocenters. The Morgan fingerprint density at radius 3 is 3.00 bits per heavy atom. The fourth-order valence-electron chi connectivity index (χ4n) is 1.84. The molecule has 5 nitrogen and oxygen atoms in total. The standard InChI is InChI=1S/C9H17N5S2/c1-2-7-8(16-6-5-15-7)9-11-12-13-14(9)4-3-10/h7-8H,2-6,10H2,1H3. The molecule has 2 heterocycles. The lowest BCUT2D eigenvalue weighted by Crippen LogP contribution is -2.23. The molecule has 1 aromatic rings. The molecule has 1 saturated heterocycles. The molecular formula is C9H17N5S2. The third-order valence-electron chi connectivity index (χ3n) is 2.61. The molecule has 2 rings (SSSR count). The topological polar surface area (TPSA) is 69.6 Å². The van der Waals surface area contributed by atoms with Crippen LogP contribution in [0.15, 0.2) is 0 Å². The largest absolute Gasteiger partial charge is 0.329 e. The van der Waals surface area contributed by atoms with E-state index in [4.69, 9.17) is 5.73 Å². The Balaban J connectivity index is 2.16. The van der Waals surface area contributed by atoms with Crippen LogP contribution >= 0.6 is 23.5 Å². The maximum atomic E-state index is 5.56. The van der Waals surface area contributed by atoms with Crippen molar-refractivity contribution in [2.75, 3.05) is 18.1 Å². The molecule has 1 aliphatic rings. The van der Waals surface area contributed by atoms with Crippen molar-refractivity contribution in [2.45, 2.75) is 30.4 Å². The van der Waals surface area contributed by atoms with E-state index in [1.165, 1.54) is 11.5 Å². The summed E-state index contributed by atoms with van der Waals surface area (Å²) in [6.45, 7) is 3.52. The van der Waals surface area contributed by atoms with E-state index in [1.54, 1.807) is 0 Å². The second-order valence-corrected chi connectivity index (χ2v) is 6.25. The minimum absolute atomic E-state index is 0.422. The van der Waals surface area contributed by atoms with E-state index >= 15 is 0 Å². The summed E-state index contributed by atoms with van der Waals surface area (Å²) in [6.07, 6.45) is 1.16. The maximum absolute atomic E-state index is 5.56. The summed E-state index contributed by atoms with van der Waals surface area (Å²) < 4.78 is 1.85. The van der Waals surface area contributed by atoms with Crippen LogP contribution in [0.3, 0.4) is 0 Å². The van der Waals surface area contributed by atoms with E-state index in [0.29, 0.717) is 23.6 Å². The summed E-state index contributed by atoms with van der Waals surface area (Å²) in [5.74, 6) is 3.41. The average Bonchev–Trinajstić information content (AvgIpc) is 2.77. The van der Waals surface area contributed by atoms with Gasteiger partial charge in [0.15, 0.2) is 5.82 Å². The van der Waals surface area contributed by atoms with Gasteiger partial charge in [-0.15, -0.1) is 16.9 Å². The van der Waals surface area contributed by atoms with Crippen LogP contribution < -0.4 is 5.73 Å². The monoisotopic (exact) mass is 259 g/mol. The van der Waals surface area contributed by atoms with Crippen LogP contribution in [0.4, 0.5) is 0 Å². The number of rotatable bonds is 4. The zero-order valence-corrected chi connectivity index (χ0v) is 11.0.